The van der Waals surface area contributed by atoms with Crippen LogP contribution in [0.5, 0.6) is 0 Å². The third-order valence-corrected chi connectivity index (χ3v) is 2.85. The number of halogens is 2. The average molecular weight is 272 g/mol. The first-order chi connectivity index (χ1) is 9.52. The normalized spacial score (nSPS) is 9.90. The summed E-state index contributed by atoms with van der Waals surface area (Å²) < 4.78 is 26.0. The Balaban J connectivity index is 2.27. The van der Waals surface area contributed by atoms with Crippen LogP contribution in [0, 0.1) is 23.0 Å². The van der Waals surface area contributed by atoms with Crippen LogP contribution < -0.4 is 4.90 Å². The molecule has 0 heterocycles. The summed E-state index contributed by atoms with van der Waals surface area (Å²) in [6, 6.07) is 11.3. The van der Waals surface area contributed by atoms with Crippen LogP contribution in [0.15, 0.2) is 42.5 Å². The summed E-state index contributed by atoms with van der Waals surface area (Å²) in [6.07, 6.45) is 0. The van der Waals surface area contributed by atoms with Gasteiger partial charge in [-0.2, -0.15) is 5.26 Å². The Hall–Kier alpha value is -2.74. The quantitative estimate of drug-likeness (QED) is 0.843. The number of carbonyl (C=O) groups is 1. The number of hydrogen-bond acceptors (Lipinski definition) is 2. The second kappa shape index (κ2) is 5.49. The highest BCUT2D eigenvalue weighted by Crippen LogP contribution is 2.17. The van der Waals surface area contributed by atoms with Crippen LogP contribution >= 0.6 is 0 Å². The molecule has 0 aliphatic heterocycles. The van der Waals surface area contributed by atoms with Crippen molar-refractivity contribution in [3.05, 3.63) is 65.2 Å². The number of amides is 1. The second-order valence-corrected chi connectivity index (χ2v) is 4.15. The minimum absolute atomic E-state index is 0.0516. The van der Waals surface area contributed by atoms with Gasteiger partial charge < -0.3 is 4.90 Å². The van der Waals surface area contributed by atoms with Crippen LogP contribution in [0.1, 0.15) is 15.9 Å². The molecule has 0 N–H and O–H groups in total. The minimum atomic E-state index is -1.07. The van der Waals surface area contributed by atoms with E-state index in [1.165, 1.54) is 18.0 Å². The van der Waals surface area contributed by atoms with Crippen molar-refractivity contribution in [3.8, 4) is 6.07 Å². The number of benzene rings is 2. The van der Waals surface area contributed by atoms with Crippen molar-refractivity contribution in [2.24, 2.45) is 0 Å². The molecular weight excluding hydrogens is 262 g/mol. The summed E-state index contributed by atoms with van der Waals surface area (Å²) >= 11 is 0. The van der Waals surface area contributed by atoms with Gasteiger partial charge in [0.15, 0.2) is 11.6 Å². The highest BCUT2D eigenvalue weighted by Gasteiger charge is 2.15. The lowest BCUT2D eigenvalue weighted by Crippen LogP contribution is -2.26. The van der Waals surface area contributed by atoms with Gasteiger partial charge in [-0.05, 0) is 42.5 Å². The Morgan fingerprint density at radius 3 is 2.30 bits per heavy atom. The zero-order chi connectivity index (χ0) is 14.7. The van der Waals surface area contributed by atoms with E-state index in [1.807, 2.05) is 6.07 Å². The lowest BCUT2D eigenvalue weighted by molar-refractivity contribution is 0.0992. The molecule has 2 aromatic rings. The molecule has 2 rings (SSSR count). The zero-order valence-corrected chi connectivity index (χ0v) is 10.6. The maximum atomic E-state index is 13.1. The summed E-state index contributed by atoms with van der Waals surface area (Å²) in [6.45, 7) is 0. The van der Waals surface area contributed by atoms with Gasteiger partial charge in [0.2, 0.25) is 0 Å². The lowest BCUT2D eigenvalue weighted by atomic mass is 10.1. The second-order valence-electron chi connectivity index (χ2n) is 4.15. The Labute approximate surface area is 114 Å². The van der Waals surface area contributed by atoms with E-state index in [0.29, 0.717) is 11.3 Å². The molecule has 0 aliphatic carbocycles. The van der Waals surface area contributed by atoms with Crippen LogP contribution in [0.3, 0.4) is 0 Å². The van der Waals surface area contributed by atoms with E-state index in [0.717, 1.165) is 12.1 Å². The van der Waals surface area contributed by atoms with Crippen LogP contribution in [0.25, 0.3) is 0 Å². The van der Waals surface area contributed by atoms with Gasteiger partial charge in [0, 0.05) is 18.3 Å². The third kappa shape index (κ3) is 2.64. The van der Waals surface area contributed by atoms with Crippen LogP contribution in [-0.2, 0) is 0 Å². The van der Waals surface area contributed by atoms with Crippen molar-refractivity contribution < 1.29 is 13.6 Å². The Bertz CT molecular complexity index is 690. The summed E-state index contributed by atoms with van der Waals surface area (Å²) in [5.74, 6) is -2.53. The average Bonchev–Trinajstić information content (AvgIpc) is 2.48. The summed E-state index contributed by atoms with van der Waals surface area (Å²) in [5.41, 5.74) is 1.08. The molecule has 20 heavy (non-hydrogen) atoms. The van der Waals surface area contributed by atoms with Gasteiger partial charge in [0.25, 0.3) is 5.91 Å². The van der Waals surface area contributed by atoms with Crippen LogP contribution in [0.4, 0.5) is 14.5 Å². The molecule has 1 amide bonds. The molecule has 0 saturated carbocycles. The largest absolute Gasteiger partial charge is 0.311 e. The predicted molar refractivity (Wildman–Crippen MR) is 70.2 cm³/mol. The number of carbonyl (C=O) groups excluding carboxylic acids is 1. The van der Waals surface area contributed by atoms with Gasteiger partial charge >= 0.3 is 0 Å². The summed E-state index contributed by atoms with van der Waals surface area (Å²) in [4.78, 5) is 13.4. The van der Waals surface area contributed by atoms with Crippen molar-refractivity contribution in [2.75, 3.05) is 11.9 Å². The lowest BCUT2D eigenvalue weighted by Gasteiger charge is -2.17. The third-order valence-electron chi connectivity index (χ3n) is 2.85. The van der Waals surface area contributed by atoms with Crippen LogP contribution in [0.2, 0.25) is 0 Å². The fourth-order valence-corrected chi connectivity index (χ4v) is 1.70. The van der Waals surface area contributed by atoms with E-state index in [9.17, 15) is 13.6 Å². The number of hydrogen-bond donors (Lipinski definition) is 0. The number of nitriles is 1. The maximum absolute atomic E-state index is 13.1. The maximum Gasteiger partial charge on any atom is 0.258 e. The van der Waals surface area contributed by atoms with Gasteiger partial charge in [0.05, 0.1) is 11.6 Å². The van der Waals surface area contributed by atoms with Crippen molar-refractivity contribution >= 4 is 11.6 Å². The molecule has 0 bridgehead atoms. The smallest absolute Gasteiger partial charge is 0.258 e. The Morgan fingerprint density at radius 2 is 1.75 bits per heavy atom. The van der Waals surface area contributed by atoms with E-state index in [2.05, 4.69) is 0 Å². The first-order valence-corrected chi connectivity index (χ1v) is 5.76. The van der Waals surface area contributed by atoms with Gasteiger partial charge in [-0.15, -0.1) is 0 Å². The topological polar surface area (TPSA) is 44.1 Å². The zero-order valence-electron chi connectivity index (χ0n) is 10.6. The van der Waals surface area contributed by atoms with E-state index in [-0.39, 0.29) is 5.56 Å². The van der Waals surface area contributed by atoms with Crippen molar-refractivity contribution in [1.82, 2.24) is 0 Å². The Morgan fingerprint density at radius 1 is 1.10 bits per heavy atom. The molecule has 100 valence electrons. The summed E-state index contributed by atoms with van der Waals surface area (Å²) in [5, 5.41) is 8.70. The first-order valence-electron chi connectivity index (χ1n) is 5.76. The minimum Gasteiger partial charge on any atom is -0.311 e. The van der Waals surface area contributed by atoms with Crippen molar-refractivity contribution in [3.63, 3.8) is 0 Å². The monoisotopic (exact) mass is 272 g/mol. The fourth-order valence-electron chi connectivity index (χ4n) is 1.70. The Kier molecular flexibility index (Phi) is 3.76. The van der Waals surface area contributed by atoms with E-state index in [4.69, 9.17) is 5.26 Å². The molecule has 0 unspecified atom stereocenters. The van der Waals surface area contributed by atoms with Gasteiger partial charge in [0.1, 0.15) is 0 Å². The van der Waals surface area contributed by atoms with E-state index in [1.54, 1.807) is 24.3 Å². The molecular formula is C15H10F2N2O. The molecule has 5 heteroatoms. The van der Waals surface area contributed by atoms with Gasteiger partial charge in [-0.25, -0.2) is 8.78 Å². The highest BCUT2D eigenvalue weighted by molar-refractivity contribution is 6.05. The summed E-state index contributed by atoms with van der Waals surface area (Å²) in [7, 11) is 1.52. The van der Waals surface area contributed by atoms with E-state index < -0.39 is 17.5 Å². The van der Waals surface area contributed by atoms with Gasteiger partial charge in [-0.1, -0.05) is 0 Å². The molecule has 0 saturated heterocycles. The van der Waals surface area contributed by atoms with Gasteiger partial charge in [-0.3, -0.25) is 4.79 Å². The highest BCUT2D eigenvalue weighted by atomic mass is 19.2. The van der Waals surface area contributed by atoms with E-state index >= 15 is 0 Å². The van der Waals surface area contributed by atoms with Crippen molar-refractivity contribution in [1.29, 1.82) is 5.26 Å². The molecule has 0 spiro atoms. The predicted octanol–water partition coefficient (Wildman–Crippen LogP) is 3.11. The number of nitrogens with zero attached hydrogens (tertiary/aromatic N) is 2. The molecule has 2 aromatic carbocycles. The molecule has 0 aromatic heterocycles. The first kappa shape index (κ1) is 13.7. The molecule has 3 nitrogen and oxygen atoms in total. The van der Waals surface area contributed by atoms with Crippen molar-refractivity contribution in [2.45, 2.75) is 0 Å². The molecule has 0 aliphatic rings. The SMILES string of the molecule is CN(C(=O)c1ccc(F)c(F)c1)c1ccc(C#N)cc1. The number of anilines is 1. The molecule has 0 fully saturated rings. The molecule has 0 radical (unpaired) electrons. The standard InChI is InChI=1S/C15H10F2N2O/c1-19(12-5-2-10(9-18)3-6-12)15(20)11-4-7-13(16)14(17)8-11/h2-8H,1H3. The fraction of sp³-hybridized carbons (Fsp3) is 0.0667. The number of rotatable bonds is 2. The molecule has 0 atom stereocenters. The van der Waals surface area contributed by atoms with Crippen LogP contribution in [-0.4, -0.2) is 13.0 Å².